The van der Waals surface area contributed by atoms with Gasteiger partial charge in [0.2, 0.25) is 11.8 Å². The average molecular weight is 460 g/mol. The van der Waals surface area contributed by atoms with E-state index < -0.39 is 5.92 Å². The van der Waals surface area contributed by atoms with Gasteiger partial charge in [-0.1, -0.05) is 18.2 Å². The van der Waals surface area contributed by atoms with E-state index in [1.54, 1.807) is 23.9 Å². The lowest BCUT2D eigenvalue weighted by Crippen LogP contribution is -2.39. The first kappa shape index (κ1) is 21.7. The number of amides is 3. The summed E-state index contributed by atoms with van der Waals surface area (Å²) in [4.78, 5) is 36.2. The van der Waals surface area contributed by atoms with Crippen molar-refractivity contribution >= 4 is 39.5 Å². The minimum absolute atomic E-state index is 0.117. The van der Waals surface area contributed by atoms with E-state index >= 15 is 0 Å². The summed E-state index contributed by atoms with van der Waals surface area (Å²) >= 11 is 0. The van der Waals surface area contributed by atoms with Crippen molar-refractivity contribution in [2.24, 2.45) is 14.1 Å². The van der Waals surface area contributed by atoms with E-state index in [0.717, 1.165) is 27.4 Å². The summed E-state index contributed by atoms with van der Waals surface area (Å²) in [5.41, 5.74) is 3.59. The van der Waals surface area contributed by atoms with Gasteiger partial charge < -0.3 is 14.6 Å². The predicted octanol–water partition coefficient (Wildman–Crippen LogP) is 2.28. The van der Waals surface area contributed by atoms with Crippen LogP contribution in [-0.2, 0) is 35.0 Å². The molecule has 1 unspecified atom stereocenters. The number of aryl methyl sites for hydroxylation is 2. The number of fused-ring (bicyclic) bond motifs is 2. The molecule has 9 heteroatoms. The Labute approximate surface area is 195 Å². The number of imide groups is 1. The molecule has 3 heterocycles. The monoisotopic (exact) mass is 459 g/mol. The summed E-state index contributed by atoms with van der Waals surface area (Å²) < 4.78 is 9.44. The highest BCUT2D eigenvalue weighted by atomic mass is 16.5. The Morgan fingerprint density at radius 3 is 2.79 bits per heavy atom. The Morgan fingerprint density at radius 2 is 1.97 bits per heavy atom. The number of piperidine rings is 1. The lowest BCUT2D eigenvalue weighted by molar-refractivity contribution is -0.134. The van der Waals surface area contributed by atoms with E-state index in [9.17, 15) is 14.4 Å². The Hall–Kier alpha value is -4.14. The van der Waals surface area contributed by atoms with Crippen molar-refractivity contribution in [2.75, 3.05) is 6.61 Å². The van der Waals surface area contributed by atoms with Crippen molar-refractivity contribution in [2.45, 2.75) is 25.3 Å². The van der Waals surface area contributed by atoms with Crippen molar-refractivity contribution in [3.05, 3.63) is 59.9 Å². The van der Waals surface area contributed by atoms with Gasteiger partial charge in [0.25, 0.3) is 5.91 Å². The van der Waals surface area contributed by atoms with Crippen molar-refractivity contribution in [1.82, 2.24) is 25.0 Å². The summed E-state index contributed by atoms with van der Waals surface area (Å²) in [7, 11) is 3.77. The van der Waals surface area contributed by atoms with E-state index in [4.69, 9.17) is 4.74 Å². The second kappa shape index (κ2) is 8.66. The van der Waals surface area contributed by atoms with Crippen molar-refractivity contribution < 1.29 is 19.1 Å². The first-order valence-corrected chi connectivity index (χ1v) is 11.1. The zero-order valence-electron chi connectivity index (χ0n) is 19.0. The van der Waals surface area contributed by atoms with E-state index in [2.05, 4.69) is 15.7 Å². The summed E-state index contributed by atoms with van der Waals surface area (Å²) in [6, 6.07) is 13.5. The summed E-state index contributed by atoms with van der Waals surface area (Å²) in [5, 5.41) is 11.8. The van der Waals surface area contributed by atoms with Crippen LogP contribution in [0.15, 0.2) is 48.7 Å². The van der Waals surface area contributed by atoms with Crippen LogP contribution in [0.4, 0.5) is 0 Å². The number of rotatable bonds is 6. The molecule has 1 aliphatic rings. The van der Waals surface area contributed by atoms with Crippen molar-refractivity contribution in [1.29, 1.82) is 0 Å². The maximum absolute atomic E-state index is 12.4. The third-order valence-electron chi connectivity index (χ3n) is 6.25. The average Bonchev–Trinajstić information content (AvgIpc) is 3.33. The summed E-state index contributed by atoms with van der Waals surface area (Å²) in [5.74, 6) is -0.726. The van der Waals surface area contributed by atoms with Crippen LogP contribution in [0.25, 0.3) is 21.8 Å². The van der Waals surface area contributed by atoms with Gasteiger partial charge in [0, 0.05) is 55.6 Å². The number of nitrogens with zero attached hydrogens (tertiary/aromatic N) is 3. The van der Waals surface area contributed by atoms with Gasteiger partial charge in [-0.05, 0) is 30.2 Å². The summed E-state index contributed by atoms with van der Waals surface area (Å²) in [6.07, 6.45) is 2.75. The van der Waals surface area contributed by atoms with Gasteiger partial charge >= 0.3 is 0 Å². The Bertz CT molecular complexity index is 1430. The standard InChI is InChI=1S/C25H25N5O4/c1-29-13-15(17-5-3-4-6-20(17)29)12-26-23(32)14-34-16-7-8-18-21(11-16)30(2)28-24(18)19-9-10-22(31)27-25(19)33/h3-8,11,13,19H,9-10,12,14H2,1-2H3,(H,26,32)(H,27,31,33). The van der Waals surface area contributed by atoms with Gasteiger partial charge in [-0.15, -0.1) is 0 Å². The smallest absolute Gasteiger partial charge is 0.258 e. The molecule has 5 rings (SSSR count). The van der Waals surface area contributed by atoms with E-state index in [-0.39, 0.29) is 24.3 Å². The maximum atomic E-state index is 12.4. The van der Waals surface area contributed by atoms with E-state index in [0.29, 0.717) is 30.8 Å². The van der Waals surface area contributed by atoms with Crippen LogP contribution in [0.3, 0.4) is 0 Å². The first-order valence-electron chi connectivity index (χ1n) is 11.1. The fourth-order valence-corrected chi connectivity index (χ4v) is 4.53. The number of carbonyl (C=O) groups is 3. The predicted molar refractivity (Wildman–Crippen MR) is 126 cm³/mol. The molecule has 2 aromatic carbocycles. The molecule has 2 N–H and O–H groups in total. The molecule has 1 atom stereocenters. The number of hydrogen-bond acceptors (Lipinski definition) is 5. The Kier molecular flexibility index (Phi) is 5.53. The third kappa shape index (κ3) is 4.00. The van der Waals surface area contributed by atoms with Crippen LogP contribution in [0.2, 0.25) is 0 Å². The first-order chi connectivity index (χ1) is 16.4. The molecule has 0 bridgehead atoms. The molecule has 1 fully saturated rings. The largest absolute Gasteiger partial charge is 0.484 e. The zero-order chi connectivity index (χ0) is 23.8. The number of carbonyl (C=O) groups excluding carboxylic acids is 3. The highest BCUT2D eigenvalue weighted by molar-refractivity contribution is 6.02. The fourth-order valence-electron chi connectivity index (χ4n) is 4.53. The lowest BCUT2D eigenvalue weighted by Gasteiger charge is -2.19. The van der Waals surface area contributed by atoms with Crippen LogP contribution in [0.5, 0.6) is 5.75 Å². The molecule has 3 amide bonds. The number of nitrogens with one attached hydrogen (secondary N) is 2. The van der Waals surface area contributed by atoms with Crippen molar-refractivity contribution in [3.63, 3.8) is 0 Å². The molecule has 0 spiro atoms. The van der Waals surface area contributed by atoms with Gasteiger partial charge in [0.1, 0.15) is 5.75 Å². The molecule has 0 radical (unpaired) electrons. The third-order valence-corrected chi connectivity index (χ3v) is 6.25. The molecule has 0 saturated carbocycles. The lowest BCUT2D eigenvalue weighted by atomic mass is 9.93. The molecule has 1 saturated heterocycles. The number of ether oxygens (including phenoxy) is 1. The van der Waals surface area contributed by atoms with E-state index in [1.807, 2.05) is 48.1 Å². The number of para-hydroxylation sites is 1. The molecule has 4 aromatic rings. The maximum Gasteiger partial charge on any atom is 0.258 e. The zero-order valence-corrected chi connectivity index (χ0v) is 19.0. The molecule has 1 aliphatic heterocycles. The van der Waals surface area contributed by atoms with Gasteiger partial charge in [0.15, 0.2) is 6.61 Å². The molecule has 34 heavy (non-hydrogen) atoms. The molecular formula is C25H25N5O4. The second-order valence-corrected chi connectivity index (χ2v) is 8.54. The Balaban J connectivity index is 1.24. The number of aromatic nitrogens is 3. The quantitative estimate of drug-likeness (QED) is 0.430. The second-order valence-electron chi connectivity index (χ2n) is 8.54. The summed E-state index contributed by atoms with van der Waals surface area (Å²) in [6.45, 7) is 0.299. The van der Waals surface area contributed by atoms with Gasteiger partial charge in [0.05, 0.1) is 17.1 Å². The molecule has 174 valence electrons. The molecule has 2 aromatic heterocycles. The fraction of sp³-hybridized carbons (Fsp3) is 0.280. The number of hydrogen-bond donors (Lipinski definition) is 2. The van der Waals surface area contributed by atoms with Crippen LogP contribution < -0.4 is 15.4 Å². The van der Waals surface area contributed by atoms with Gasteiger partial charge in [-0.25, -0.2) is 0 Å². The molecular weight excluding hydrogens is 434 g/mol. The van der Waals surface area contributed by atoms with Crippen LogP contribution in [0, 0.1) is 0 Å². The molecule has 9 nitrogen and oxygen atoms in total. The van der Waals surface area contributed by atoms with Crippen LogP contribution in [-0.4, -0.2) is 38.7 Å². The molecule has 0 aliphatic carbocycles. The van der Waals surface area contributed by atoms with Crippen LogP contribution in [0.1, 0.15) is 30.0 Å². The number of benzene rings is 2. The van der Waals surface area contributed by atoms with Gasteiger partial charge in [-0.3, -0.25) is 24.4 Å². The van der Waals surface area contributed by atoms with Gasteiger partial charge in [-0.2, -0.15) is 5.10 Å². The van der Waals surface area contributed by atoms with Crippen LogP contribution >= 0.6 is 0 Å². The SMILES string of the molecule is Cn1cc(CNC(=O)COc2ccc3c(C4CCC(=O)NC4=O)nn(C)c3c2)c2ccccc21. The normalized spacial score (nSPS) is 16.1. The topological polar surface area (TPSA) is 107 Å². The minimum atomic E-state index is -0.465. The van der Waals surface area contributed by atoms with Crippen molar-refractivity contribution in [3.8, 4) is 5.75 Å². The van der Waals surface area contributed by atoms with E-state index in [1.165, 1.54) is 0 Å². The highest BCUT2D eigenvalue weighted by Gasteiger charge is 2.31. The minimum Gasteiger partial charge on any atom is -0.484 e. The highest BCUT2D eigenvalue weighted by Crippen LogP contribution is 2.32. The Morgan fingerprint density at radius 1 is 1.15 bits per heavy atom.